The zero-order chi connectivity index (χ0) is 17.2. The number of fused-ring (bicyclic) bond motifs is 1. The second kappa shape index (κ2) is 6.32. The van der Waals surface area contributed by atoms with Crippen LogP contribution in [0.15, 0.2) is 60.7 Å². The Hall–Kier alpha value is -2.88. The van der Waals surface area contributed by atoms with Gasteiger partial charge in [-0.1, -0.05) is 54.1 Å². The monoisotopic (exact) mass is 321 g/mol. The fourth-order valence-corrected chi connectivity index (χ4v) is 3.07. The van der Waals surface area contributed by atoms with Crippen LogP contribution in [0.5, 0.6) is 0 Å². The van der Waals surface area contributed by atoms with E-state index in [2.05, 4.69) is 5.32 Å². The molecule has 0 radical (unpaired) electrons. The van der Waals surface area contributed by atoms with Crippen molar-refractivity contribution in [3.63, 3.8) is 0 Å². The zero-order valence-electron chi connectivity index (χ0n) is 13.7. The van der Waals surface area contributed by atoms with Gasteiger partial charge in [-0.3, -0.25) is 4.79 Å². The molecule has 1 aliphatic heterocycles. The quantitative estimate of drug-likeness (QED) is 0.694. The first-order valence-corrected chi connectivity index (χ1v) is 7.92. The smallest absolute Gasteiger partial charge is 0.330 e. The van der Waals surface area contributed by atoms with Crippen LogP contribution < -0.4 is 5.32 Å². The summed E-state index contributed by atoms with van der Waals surface area (Å²) in [4.78, 5) is 24.7. The number of rotatable bonds is 4. The number of amides is 1. The number of ether oxygens (including phenoxy) is 1. The molecule has 0 saturated heterocycles. The first-order chi connectivity index (χ1) is 11.6. The number of anilines is 1. The minimum absolute atomic E-state index is 0.171. The predicted octanol–water partition coefficient (Wildman–Crippen LogP) is 3.35. The molecule has 0 spiro atoms. The molecule has 1 unspecified atom stereocenters. The number of nitrogens with one attached hydrogen (secondary N) is 1. The molecule has 1 atom stereocenters. The van der Waals surface area contributed by atoms with E-state index in [4.69, 9.17) is 4.74 Å². The summed E-state index contributed by atoms with van der Waals surface area (Å²) in [6.07, 6.45) is 2.98. The molecule has 2 aromatic rings. The Labute approximate surface area is 141 Å². The summed E-state index contributed by atoms with van der Waals surface area (Å²) in [6, 6.07) is 15.3. The van der Waals surface area contributed by atoms with Gasteiger partial charge in [-0.05, 0) is 31.0 Å². The fraction of sp³-hybridized carbons (Fsp3) is 0.200. The normalized spacial score (nSPS) is 19.2. The highest BCUT2D eigenvalue weighted by Gasteiger charge is 2.46. The van der Waals surface area contributed by atoms with E-state index in [1.165, 1.54) is 6.08 Å². The second-order valence-electron chi connectivity index (χ2n) is 5.76. The molecule has 2 aromatic carbocycles. The van der Waals surface area contributed by atoms with Crippen molar-refractivity contribution in [3.05, 3.63) is 77.4 Å². The van der Waals surface area contributed by atoms with Gasteiger partial charge in [0, 0.05) is 11.8 Å². The molecule has 4 nitrogen and oxygen atoms in total. The first-order valence-electron chi connectivity index (χ1n) is 7.92. The number of benzene rings is 2. The predicted molar refractivity (Wildman–Crippen MR) is 92.8 cm³/mol. The number of carbonyl (C=O) groups excluding carboxylic acids is 2. The average molecular weight is 321 g/mol. The van der Waals surface area contributed by atoms with Gasteiger partial charge in [0.25, 0.3) is 0 Å². The molecule has 1 heterocycles. The Morgan fingerprint density at radius 3 is 2.67 bits per heavy atom. The molecule has 0 aliphatic carbocycles. The van der Waals surface area contributed by atoms with Gasteiger partial charge >= 0.3 is 5.97 Å². The molecule has 4 heteroatoms. The van der Waals surface area contributed by atoms with Crippen molar-refractivity contribution in [2.75, 3.05) is 11.9 Å². The molecule has 0 aromatic heterocycles. The van der Waals surface area contributed by atoms with Crippen LogP contribution in [0, 0.1) is 6.92 Å². The Kier molecular flexibility index (Phi) is 4.21. The largest absolute Gasteiger partial charge is 0.463 e. The highest BCUT2D eigenvalue weighted by molar-refractivity contribution is 6.10. The van der Waals surface area contributed by atoms with Gasteiger partial charge in [0.1, 0.15) is 5.41 Å². The van der Waals surface area contributed by atoms with Gasteiger partial charge in [-0.15, -0.1) is 0 Å². The van der Waals surface area contributed by atoms with Crippen LogP contribution in [-0.4, -0.2) is 18.5 Å². The maximum absolute atomic E-state index is 12.9. The second-order valence-corrected chi connectivity index (χ2v) is 5.76. The van der Waals surface area contributed by atoms with Crippen LogP contribution in [0.2, 0.25) is 0 Å². The lowest BCUT2D eigenvalue weighted by molar-refractivity contribution is -0.137. The molecule has 0 fully saturated rings. The molecule has 24 heavy (non-hydrogen) atoms. The van der Waals surface area contributed by atoms with Crippen molar-refractivity contribution in [3.8, 4) is 0 Å². The summed E-state index contributed by atoms with van der Waals surface area (Å²) in [5, 5.41) is 2.93. The fourth-order valence-electron chi connectivity index (χ4n) is 3.07. The maximum atomic E-state index is 12.9. The Balaban J connectivity index is 2.19. The van der Waals surface area contributed by atoms with Gasteiger partial charge in [0.2, 0.25) is 5.91 Å². The van der Waals surface area contributed by atoms with E-state index in [-0.39, 0.29) is 5.91 Å². The Morgan fingerprint density at radius 1 is 1.21 bits per heavy atom. The van der Waals surface area contributed by atoms with Crippen LogP contribution in [0.4, 0.5) is 5.69 Å². The van der Waals surface area contributed by atoms with E-state index in [1.54, 1.807) is 13.0 Å². The Morgan fingerprint density at radius 2 is 1.96 bits per heavy atom. The third kappa shape index (κ3) is 2.60. The number of esters is 1. The zero-order valence-corrected chi connectivity index (χ0v) is 13.7. The third-order valence-corrected chi connectivity index (χ3v) is 4.19. The third-order valence-electron chi connectivity index (χ3n) is 4.19. The number of aryl methyl sites for hydroxylation is 1. The molecular weight excluding hydrogens is 302 g/mol. The molecular formula is C20H19NO3. The van der Waals surface area contributed by atoms with Crippen LogP contribution in [0.1, 0.15) is 23.6 Å². The first kappa shape index (κ1) is 16.0. The SMILES string of the molecule is CCOC(=O)/C=C/C1(c2ccccc2)C(=O)Nc2ccc(C)cc21. The minimum Gasteiger partial charge on any atom is -0.463 e. The lowest BCUT2D eigenvalue weighted by Gasteiger charge is -2.24. The lowest BCUT2D eigenvalue weighted by Crippen LogP contribution is -2.34. The van der Waals surface area contributed by atoms with E-state index in [1.807, 2.05) is 55.5 Å². The van der Waals surface area contributed by atoms with Gasteiger partial charge < -0.3 is 10.1 Å². The van der Waals surface area contributed by atoms with Crippen LogP contribution >= 0.6 is 0 Å². The van der Waals surface area contributed by atoms with E-state index in [0.29, 0.717) is 6.61 Å². The Bertz CT molecular complexity index is 811. The van der Waals surface area contributed by atoms with Crippen LogP contribution in [0.25, 0.3) is 0 Å². The minimum atomic E-state index is -1.03. The number of carbonyl (C=O) groups is 2. The van der Waals surface area contributed by atoms with Gasteiger partial charge in [-0.2, -0.15) is 0 Å². The average Bonchev–Trinajstić information content (AvgIpc) is 2.86. The van der Waals surface area contributed by atoms with Crippen molar-refractivity contribution in [2.24, 2.45) is 0 Å². The van der Waals surface area contributed by atoms with Gasteiger partial charge in [0.15, 0.2) is 0 Å². The summed E-state index contributed by atoms with van der Waals surface area (Å²) in [6.45, 7) is 4.02. The van der Waals surface area contributed by atoms with Crippen molar-refractivity contribution in [1.82, 2.24) is 0 Å². The molecule has 3 rings (SSSR count). The standard InChI is InChI=1S/C20H19NO3/c1-3-24-18(22)11-12-20(15-7-5-4-6-8-15)16-13-14(2)9-10-17(16)21-19(20)23/h4-13H,3H2,1-2H3,(H,21,23)/b12-11+. The highest BCUT2D eigenvalue weighted by atomic mass is 16.5. The van der Waals surface area contributed by atoms with Crippen molar-refractivity contribution < 1.29 is 14.3 Å². The number of hydrogen-bond donors (Lipinski definition) is 1. The van der Waals surface area contributed by atoms with Gasteiger partial charge in [0.05, 0.1) is 6.61 Å². The molecule has 1 amide bonds. The van der Waals surface area contributed by atoms with Crippen LogP contribution in [-0.2, 0) is 19.7 Å². The summed E-state index contributed by atoms with van der Waals surface area (Å²) < 4.78 is 4.97. The maximum Gasteiger partial charge on any atom is 0.330 e. The number of hydrogen-bond acceptors (Lipinski definition) is 3. The highest BCUT2D eigenvalue weighted by Crippen LogP contribution is 2.44. The van der Waals surface area contributed by atoms with E-state index in [0.717, 1.165) is 22.4 Å². The van der Waals surface area contributed by atoms with E-state index >= 15 is 0 Å². The molecule has 1 N–H and O–H groups in total. The summed E-state index contributed by atoms with van der Waals surface area (Å²) in [5.74, 6) is -0.628. The van der Waals surface area contributed by atoms with E-state index in [9.17, 15) is 9.59 Å². The summed E-state index contributed by atoms with van der Waals surface area (Å²) in [5.41, 5.74) is 2.44. The molecule has 0 saturated carbocycles. The molecule has 1 aliphatic rings. The lowest BCUT2D eigenvalue weighted by atomic mass is 9.74. The van der Waals surface area contributed by atoms with Crippen LogP contribution in [0.3, 0.4) is 0 Å². The summed E-state index contributed by atoms with van der Waals surface area (Å²) in [7, 11) is 0. The topological polar surface area (TPSA) is 55.4 Å². The van der Waals surface area contributed by atoms with Crippen molar-refractivity contribution in [2.45, 2.75) is 19.3 Å². The summed E-state index contributed by atoms with van der Waals surface area (Å²) >= 11 is 0. The molecule has 0 bridgehead atoms. The van der Waals surface area contributed by atoms with E-state index < -0.39 is 11.4 Å². The van der Waals surface area contributed by atoms with Crippen molar-refractivity contribution >= 4 is 17.6 Å². The van der Waals surface area contributed by atoms with Crippen molar-refractivity contribution in [1.29, 1.82) is 0 Å². The molecule has 122 valence electrons. The van der Waals surface area contributed by atoms with Gasteiger partial charge in [-0.25, -0.2) is 4.79 Å².